The van der Waals surface area contributed by atoms with Gasteiger partial charge in [0.15, 0.2) is 0 Å². The molecule has 0 bridgehead atoms. The van der Waals surface area contributed by atoms with Crippen molar-refractivity contribution in [3.8, 4) is 11.5 Å². The van der Waals surface area contributed by atoms with Crippen LogP contribution >= 0.6 is 0 Å². The highest BCUT2D eigenvalue weighted by atomic mass is 19.1. The molecule has 9 nitrogen and oxygen atoms in total. The number of nitrogens with zero attached hydrogens (tertiary/aromatic N) is 3. The van der Waals surface area contributed by atoms with Crippen molar-refractivity contribution >= 4 is 34.4 Å². The number of benzene rings is 2. The number of hydrogen-bond acceptors (Lipinski definition) is 7. The molecule has 2 aromatic carbocycles. The number of hydrogen-bond donors (Lipinski definition) is 3. The third kappa shape index (κ3) is 4.73. The van der Waals surface area contributed by atoms with Crippen molar-refractivity contribution in [1.29, 1.82) is 0 Å². The molecule has 3 heterocycles. The molecular formula is C26H27FN6O3. The number of nitrogens with two attached hydrogens (primary N) is 1. The van der Waals surface area contributed by atoms with Crippen LogP contribution in [0.1, 0.15) is 18.9 Å². The fourth-order valence-electron chi connectivity index (χ4n) is 4.30. The van der Waals surface area contributed by atoms with Gasteiger partial charge >= 0.3 is 0 Å². The van der Waals surface area contributed by atoms with Crippen LogP contribution in [-0.2, 0) is 22.0 Å². The molecule has 2 aromatic heterocycles. The molecule has 0 spiro atoms. The number of fused-ring (bicyclic) bond motifs is 1. The van der Waals surface area contributed by atoms with Crippen LogP contribution in [-0.4, -0.2) is 40.2 Å². The molecule has 1 saturated heterocycles. The number of rotatable bonds is 7. The quantitative estimate of drug-likeness (QED) is 0.355. The van der Waals surface area contributed by atoms with Crippen LogP contribution in [0.4, 0.5) is 21.8 Å². The Bertz CT molecular complexity index is 1430. The highest BCUT2D eigenvalue weighted by molar-refractivity contribution is 5.91. The maximum atomic E-state index is 14.6. The van der Waals surface area contributed by atoms with Gasteiger partial charge in [-0.05, 0) is 48.4 Å². The minimum atomic E-state index is -0.347. The zero-order valence-corrected chi connectivity index (χ0v) is 20.0. The Morgan fingerprint density at radius 1 is 1.22 bits per heavy atom. The first-order valence-corrected chi connectivity index (χ1v) is 11.6. The standard InChI is InChI=1S/C26H27FN6O3/c1-26(8-10-35-15-26)19-11-16(3-5-20(19)27)30-25-31-21-12-17(4-6-22(21)33(25)2)36-18-7-9-29-23(13-18)32-24(34)14-28/h3-7,9,11-13H,8,10,14-15,28H2,1-2H3,(H,30,31)(H,29,32,34). The molecule has 0 saturated carbocycles. The van der Waals surface area contributed by atoms with Gasteiger partial charge in [-0.25, -0.2) is 14.4 Å². The summed E-state index contributed by atoms with van der Waals surface area (Å²) in [4.78, 5) is 20.3. The van der Waals surface area contributed by atoms with Gasteiger partial charge in [-0.15, -0.1) is 0 Å². The Morgan fingerprint density at radius 2 is 2.06 bits per heavy atom. The maximum absolute atomic E-state index is 14.6. The number of nitrogens with one attached hydrogen (secondary N) is 2. The van der Waals surface area contributed by atoms with Crippen LogP contribution in [0, 0.1) is 5.82 Å². The number of anilines is 3. The van der Waals surface area contributed by atoms with Gasteiger partial charge in [0, 0.05) is 43.1 Å². The van der Waals surface area contributed by atoms with Gasteiger partial charge in [-0.3, -0.25) is 4.79 Å². The Hall–Kier alpha value is -4.02. The fraction of sp³-hybridized carbons (Fsp3) is 0.269. The molecule has 10 heteroatoms. The van der Waals surface area contributed by atoms with E-state index in [2.05, 4.69) is 15.6 Å². The average molecular weight is 491 g/mol. The molecule has 1 aliphatic rings. The number of imidazole rings is 1. The average Bonchev–Trinajstić information content (AvgIpc) is 3.44. The first kappa shape index (κ1) is 23.7. The number of carbonyl (C=O) groups is 1. The summed E-state index contributed by atoms with van der Waals surface area (Å²) in [6, 6.07) is 13.9. The summed E-state index contributed by atoms with van der Waals surface area (Å²) in [5.41, 5.74) is 8.00. The van der Waals surface area contributed by atoms with Crippen LogP contribution in [0.5, 0.6) is 11.5 Å². The lowest BCUT2D eigenvalue weighted by molar-refractivity contribution is -0.114. The van der Waals surface area contributed by atoms with E-state index in [9.17, 15) is 9.18 Å². The number of aryl methyl sites for hydroxylation is 1. The van der Waals surface area contributed by atoms with E-state index in [0.717, 1.165) is 23.1 Å². The van der Waals surface area contributed by atoms with Crippen molar-refractivity contribution < 1.29 is 18.7 Å². The SMILES string of the molecule is Cn1c(Nc2ccc(F)c(C3(C)CCOC3)c2)nc2cc(Oc3ccnc(NC(=O)CN)c3)ccc21. The molecule has 36 heavy (non-hydrogen) atoms. The Balaban J connectivity index is 1.38. The number of pyridine rings is 1. The molecule has 0 aliphatic carbocycles. The van der Waals surface area contributed by atoms with Crippen LogP contribution in [0.2, 0.25) is 0 Å². The van der Waals surface area contributed by atoms with Gasteiger partial charge in [0.1, 0.15) is 23.1 Å². The predicted molar refractivity (Wildman–Crippen MR) is 135 cm³/mol. The Labute approximate surface area is 207 Å². The van der Waals surface area contributed by atoms with Gasteiger partial charge < -0.3 is 30.4 Å². The zero-order valence-electron chi connectivity index (χ0n) is 20.0. The minimum absolute atomic E-state index is 0.132. The molecule has 4 N–H and O–H groups in total. The largest absolute Gasteiger partial charge is 0.457 e. The predicted octanol–water partition coefficient (Wildman–Crippen LogP) is 4.22. The van der Waals surface area contributed by atoms with E-state index in [1.165, 1.54) is 12.3 Å². The Morgan fingerprint density at radius 3 is 2.83 bits per heavy atom. The molecule has 1 aliphatic heterocycles. The number of halogens is 1. The molecule has 186 valence electrons. The summed E-state index contributed by atoms with van der Waals surface area (Å²) in [6.07, 6.45) is 2.32. The summed E-state index contributed by atoms with van der Waals surface area (Å²) < 4.78 is 28.0. The minimum Gasteiger partial charge on any atom is -0.457 e. The van der Waals surface area contributed by atoms with E-state index in [0.29, 0.717) is 42.0 Å². The first-order chi connectivity index (χ1) is 17.3. The number of amides is 1. The van der Waals surface area contributed by atoms with Crippen molar-refractivity contribution in [3.05, 3.63) is 66.1 Å². The lowest BCUT2D eigenvalue weighted by Gasteiger charge is -2.23. The van der Waals surface area contributed by atoms with Crippen molar-refractivity contribution in [2.24, 2.45) is 12.8 Å². The third-order valence-corrected chi connectivity index (χ3v) is 6.36. The molecule has 1 amide bonds. The molecule has 4 aromatic rings. The van der Waals surface area contributed by atoms with Gasteiger partial charge in [0.25, 0.3) is 0 Å². The topological polar surface area (TPSA) is 116 Å². The van der Waals surface area contributed by atoms with Crippen molar-refractivity contribution in [2.75, 3.05) is 30.4 Å². The Kier molecular flexibility index (Phi) is 6.29. The normalized spacial score (nSPS) is 17.3. The maximum Gasteiger partial charge on any atom is 0.239 e. The molecule has 1 atom stereocenters. The van der Waals surface area contributed by atoms with Crippen LogP contribution in [0.15, 0.2) is 54.7 Å². The van der Waals surface area contributed by atoms with Gasteiger partial charge in [0.2, 0.25) is 11.9 Å². The summed E-state index contributed by atoms with van der Waals surface area (Å²) in [6.45, 7) is 3.02. The van der Waals surface area contributed by atoms with Crippen LogP contribution in [0.3, 0.4) is 0 Å². The van der Waals surface area contributed by atoms with E-state index in [-0.39, 0.29) is 23.7 Å². The fourth-order valence-corrected chi connectivity index (χ4v) is 4.30. The highest BCUT2D eigenvalue weighted by Crippen LogP contribution is 2.36. The van der Waals surface area contributed by atoms with E-state index in [1.807, 2.05) is 42.8 Å². The molecule has 1 unspecified atom stereocenters. The summed E-state index contributed by atoms with van der Waals surface area (Å²) in [7, 11) is 1.91. The third-order valence-electron chi connectivity index (χ3n) is 6.36. The van der Waals surface area contributed by atoms with Gasteiger partial charge in [0.05, 0.1) is 24.2 Å². The van der Waals surface area contributed by atoms with Gasteiger partial charge in [-0.1, -0.05) is 6.92 Å². The number of carbonyl (C=O) groups excluding carboxylic acids is 1. The van der Waals surface area contributed by atoms with Crippen LogP contribution < -0.4 is 21.1 Å². The lowest BCUT2D eigenvalue weighted by atomic mass is 9.81. The van der Waals surface area contributed by atoms with E-state index >= 15 is 0 Å². The first-order valence-electron chi connectivity index (χ1n) is 11.6. The smallest absolute Gasteiger partial charge is 0.239 e. The lowest BCUT2D eigenvalue weighted by Crippen LogP contribution is -2.23. The van der Waals surface area contributed by atoms with Crippen molar-refractivity contribution in [1.82, 2.24) is 14.5 Å². The second kappa shape index (κ2) is 9.56. The summed E-state index contributed by atoms with van der Waals surface area (Å²) >= 11 is 0. The zero-order chi connectivity index (χ0) is 25.3. The second-order valence-corrected chi connectivity index (χ2v) is 9.06. The monoisotopic (exact) mass is 490 g/mol. The highest BCUT2D eigenvalue weighted by Gasteiger charge is 2.34. The molecular weight excluding hydrogens is 463 g/mol. The number of aromatic nitrogens is 3. The van der Waals surface area contributed by atoms with Crippen molar-refractivity contribution in [3.63, 3.8) is 0 Å². The molecule has 1 fully saturated rings. The van der Waals surface area contributed by atoms with E-state index in [1.54, 1.807) is 18.2 Å². The van der Waals surface area contributed by atoms with E-state index < -0.39 is 0 Å². The van der Waals surface area contributed by atoms with Gasteiger partial charge in [-0.2, -0.15) is 0 Å². The molecule has 0 radical (unpaired) electrons. The summed E-state index contributed by atoms with van der Waals surface area (Å²) in [5.74, 6) is 1.48. The summed E-state index contributed by atoms with van der Waals surface area (Å²) in [5, 5.41) is 5.91. The van der Waals surface area contributed by atoms with Crippen molar-refractivity contribution in [2.45, 2.75) is 18.8 Å². The molecule has 5 rings (SSSR count). The number of ether oxygens (including phenoxy) is 2. The second-order valence-electron chi connectivity index (χ2n) is 9.06. The van der Waals surface area contributed by atoms with E-state index in [4.69, 9.17) is 20.2 Å². The van der Waals surface area contributed by atoms with Crippen LogP contribution in [0.25, 0.3) is 11.0 Å².